The van der Waals surface area contributed by atoms with E-state index in [1.807, 2.05) is 0 Å². The minimum atomic E-state index is -1.32. The van der Waals surface area contributed by atoms with Gasteiger partial charge in [-0.3, -0.25) is 0 Å². The number of aromatic nitrogens is 1. The van der Waals surface area contributed by atoms with Crippen molar-refractivity contribution in [3.8, 4) is 11.3 Å². The summed E-state index contributed by atoms with van der Waals surface area (Å²) in [7, 11) is 0. The van der Waals surface area contributed by atoms with Crippen LogP contribution in [-0.4, -0.2) is 16.2 Å². The fourth-order valence-corrected chi connectivity index (χ4v) is 1.32. The van der Waals surface area contributed by atoms with Crippen LogP contribution in [-0.2, 0) is 0 Å². The zero-order valence-electron chi connectivity index (χ0n) is 8.08. The van der Waals surface area contributed by atoms with E-state index in [1.165, 1.54) is 0 Å². The average Bonchev–Trinajstić information content (AvgIpc) is 2.74. The number of carboxylic acids is 1. The molecule has 17 heavy (non-hydrogen) atoms. The lowest BCUT2D eigenvalue weighted by Gasteiger charge is -1.99. The monoisotopic (exact) mass is 259 g/mol. The van der Waals surface area contributed by atoms with Crippen LogP contribution in [0.2, 0.25) is 5.02 Å². The number of hydrogen-bond acceptors (Lipinski definition) is 3. The summed E-state index contributed by atoms with van der Waals surface area (Å²) in [6.45, 7) is 0. The van der Waals surface area contributed by atoms with Crippen LogP contribution in [0.25, 0.3) is 11.3 Å². The maximum atomic E-state index is 13.1. The van der Waals surface area contributed by atoms with Gasteiger partial charge in [0.2, 0.25) is 5.76 Å². The number of aromatic carboxylic acids is 1. The molecule has 0 fully saturated rings. The average molecular weight is 260 g/mol. The summed E-state index contributed by atoms with van der Waals surface area (Å²) in [4.78, 5) is 10.5. The Balaban J connectivity index is 2.49. The molecule has 0 aliphatic carbocycles. The van der Waals surface area contributed by atoms with Gasteiger partial charge in [0.1, 0.15) is 22.4 Å². The Bertz CT molecular complexity index is 574. The van der Waals surface area contributed by atoms with Gasteiger partial charge in [0.25, 0.3) is 0 Å². The second kappa shape index (κ2) is 4.14. The first-order chi connectivity index (χ1) is 7.99. The number of carboxylic acid groups (broad SMARTS) is 1. The molecule has 0 radical (unpaired) electrons. The lowest BCUT2D eigenvalue weighted by Crippen LogP contribution is -1.91. The first-order valence-electron chi connectivity index (χ1n) is 4.34. The predicted molar refractivity (Wildman–Crippen MR) is 53.8 cm³/mol. The van der Waals surface area contributed by atoms with E-state index >= 15 is 0 Å². The molecule has 1 N–H and O–H groups in total. The molecule has 0 saturated heterocycles. The van der Waals surface area contributed by atoms with E-state index in [0.717, 1.165) is 18.2 Å². The molecular formula is C10H4ClF2NO3. The molecule has 88 valence electrons. The summed E-state index contributed by atoms with van der Waals surface area (Å²) in [6, 6.07) is 2.94. The molecule has 0 unspecified atom stereocenters. The van der Waals surface area contributed by atoms with E-state index in [4.69, 9.17) is 16.7 Å². The Kier molecular flexibility index (Phi) is 2.81. The van der Waals surface area contributed by atoms with Gasteiger partial charge in [-0.1, -0.05) is 16.8 Å². The Morgan fingerprint density at radius 3 is 2.35 bits per heavy atom. The van der Waals surface area contributed by atoms with Crippen molar-refractivity contribution in [3.05, 3.63) is 40.6 Å². The van der Waals surface area contributed by atoms with E-state index in [0.29, 0.717) is 0 Å². The minimum Gasteiger partial charge on any atom is -0.475 e. The lowest BCUT2D eigenvalue weighted by molar-refractivity contribution is 0.0652. The third-order valence-electron chi connectivity index (χ3n) is 2.00. The summed E-state index contributed by atoms with van der Waals surface area (Å²) in [6.07, 6.45) is 0. The Morgan fingerprint density at radius 2 is 1.88 bits per heavy atom. The highest BCUT2D eigenvalue weighted by Gasteiger charge is 2.15. The van der Waals surface area contributed by atoms with Crippen molar-refractivity contribution in [2.45, 2.75) is 0 Å². The van der Waals surface area contributed by atoms with Gasteiger partial charge in [0.05, 0.1) is 0 Å². The molecule has 0 aliphatic rings. The van der Waals surface area contributed by atoms with Gasteiger partial charge in [0, 0.05) is 11.6 Å². The molecular weight excluding hydrogens is 256 g/mol. The van der Waals surface area contributed by atoms with E-state index in [2.05, 4.69) is 9.68 Å². The van der Waals surface area contributed by atoms with Crippen molar-refractivity contribution in [2.24, 2.45) is 0 Å². The van der Waals surface area contributed by atoms with Crippen molar-refractivity contribution >= 4 is 17.6 Å². The molecule has 1 aromatic heterocycles. The highest BCUT2D eigenvalue weighted by molar-refractivity contribution is 6.30. The van der Waals surface area contributed by atoms with Gasteiger partial charge in [0.15, 0.2) is 0 Å². The molecule has 1 aromatic carbocycles. The van der Waals surface area contributed by atoms with E-state index in [9.17, 15) is 13.6 Å². The van der Waals surface area contributed by atoms with Gasteiger partial charge in [-0.15, -0.1) is 0 Å². The Labute approximate surface area is 98.4 Å². The van der Waals surface area contributed by atoms with Crippen LogP contribution >= 0.6 is 11.6 Å². The smallest absolute Gasteiger partial charge is 0.374 e. The van der Waals surface area contributed by atoms with Crippen LogP contribution in [0.15, 0.2) is 22.7 Å². The van der Waals surface area contributed by atoms with E-state index < -0.39 is 28.4 Å². The Hall–Kier alpha value is -1.95. The molecule has 0 bridgehead atoms. The first kappa shape index (κ1) is 11.5. The zero-order chi connectivity index (χ0) is 12.6. The summed E-state index contributed by atoms with van der Waals surface area (Å²) < 4.78 is 30.8. The van der Waals surface area contributed by atoms with Gasteiger partial charge in [-0.05, 0) is 12.1 Å². The maximum absolute atomic E-state index is 13.1. The molecule has 0 atom stereocenters. The van der Waals surface area contributed by atoms with Crippen LogP contribution in [0.5, 0.6) is 0 Å². The number of benzene rings is 1. The summed E-state index contributed by atoms with van der Waals surface area (Å²) >= 11 is 5.30. The second-order valence-corrected chi connectivity index (χ2v) is 3.51. The number of rotatable bonds is 2. The highest BCUT2D eigenvalue weighted by atomic mass is 35.5. The fourth-order valence-electron chi connectivity index (χ4n) is 1.22. The topological polar surface area (TPSA) is 63.3 Å². The quantitative estimate of drug-likeness (QED) is 0.842. The van der Waals surface area contributed by atoms with E-state index in [1.54, 1.807) is 0 Å². The third kappa shape index (κ3) is 2.12. The van der Waals surface area contributed by atoms with Gasteiger partial charge < -0.3 is 9.63 Å². The van der Waals surface area contributed by atoms with Gasteiger partial charge in [-0.25, -0.2) is 13.6 Å². The zero-order valence-corrected chi connectivity index (χ0v) is 8.83. The van der Waals surface area contributed by atoms with Gasteiger partial charge >= 0.3 is 5.97 Å². The highest BCUT2D eigenvalue weighted by Crippen LogP contribution is 2.26. The fraction of sp³-hybridized carbons (Fsp3) is 0. The Morgan fingerprint density at radius 1 is 1.29 bits per heavy atom. The predicted octanol–water partition coefficient (Wildman–Crippen LogP) is 2.97. The van der Waals surface area contributed by atoms with Crippen molar-refractivity contribution in [3.63, 3.8) is 0 Å². The van der Waals surface area contributed by atoms with Crippen molar-refractivity contribution < 1.29 is 23.2 Å². The van der Waals surface area contributed by atoms with E-state index in [-0.39, 0.29) is 11.3 Å². The molecule has 2 aromatic rings. The molecule has 2 rings (SSSR count). The van der Waals surface area contributed by atoms with Crippen LogP contribution in [0.1, 0.15) is 10.6 Å². The largest absolute Gasteiger partial charge is 0.475 e. The number of halogens is 3. The number of hydrogen-bond donors (Lipinski definition) is 1. The van der Waals surface area contributed by atoms with Crippen LogP contribution in [0, 0.1) is 11.6 Å². The van der Waals surface area contributed by atoms with Crippen LogP contribution in [0.4, 0.5) is 8.78 Å². The minimum absolute atomic E-state index is 0.0110. The molecule has 0 spiro atoms. The van der Waals surface area contributed by atoms with Crippen LogP contribution < -0.4 is 0 Å². The van der Waals surface area contributed by atoms with Crippen molar-refractivity contribution in [1.82, 2.24) is 5.16 Å². The summed E-state index contributed by atoms with van der Waals surface area (Å²) in [5.41, 5.74) is 0.0533. The summed E-state index contributed by atoms with van der Waals surface area (Å²) in [5.74, 6) is -3.66. The third-order valence-corrected chi connectivity index (χ3v) is 2.36. The first-order valence-corrected chi connectivity index (χ1v) is 4.71. The molecule has 7 heteroatoms. The van der Waals surface area contributed by atoms with Crippen molar-refractivity contribution in [2.75, 3.05) is 0 Å². The second-order valence-electron chi connectivity index (χ2n) is 3.14. The molecule has 0 amide bonds. The SMILES string of the molecule is O=C(O)c1cc(-c2cc(F)c(Cl)c(F)c2)no1. The van der Waals surface area contributed by atoms with Gasteiger partial charge in [-0.2, -0.15) is 0 Å². The summed E-state index contributed by atoms with van der Waals surface area (Å²) in [5, 5.41) is 11.4. The molecule has 1 heterocycles. The lowest BCUT2D eigenvalue weighted by atomic mass is 10.1. The maximum Gasteiger partial charge on any atom is 0.374 e. The number of nitrogens with zero attached hydrogens (tertiary/aromatic N) is 1. The van der Waals surface area contributed by atoms with Crippen molar-refractivity contribution in [1.29, 1.82) is 0 Å². The molecule has 0 aliphatic heterocycles. The standard InChI is InChI=1S/C10H4ClF2NO3/c11-9-5(12)1-4(2-6(9)13)7-3-8(10(15)16)17-14-7/h1-3H,(H,15,16). The molecule has 0 saturated carbocycles. The van der Waals surface area contributed by atoms with Crippen LogP contribution in [0.3, 0.4) is 0 Å². The number of carbonyl (C=O) groups is 1. The molecule has 4 nitrogen and oxygen atoms in total. The normalized spacial score (nSPS) is 10.5.